The van der Waals surface area contributed by atoms with Crippen molar-refractivity contribution in [1.29, 1.82) is 0 Å². The number of carbonyl (C=O) groups is 4. The van der Waals surface area contributed by atoms with E-state index in [1.54, 1.807) is 51.1 Å². The van der Waals surface area contributed by atoms with Gasteiger partial charge in [-0.15, -0.1) is 0 Å². The Morgan fingerprint density at radius 2 is 1.62 bits per heavy atom. The Labute approximate surface area is 391 Å². The van der Waals surface area contributed by atoms with E-state index in [2.05, 4.69) is 36.1 Å². The molecule has 0 unspecified atom stereocenters. The molecule has 21 heteroatoms. The van der Waals surface area contributed by atoms with Crippen LogP contribution >= 0.6 is 23.4 Å². The van der Waals surface area contributed by atoms with Crippen LogP contribution in [0, 0.1) is 0 Å². The molecule has 1 atom stereocenters. The largest absolute Gasteiger partial charge is 0.444 e. The van der Waals surface area contributed by atoms with Gasteiger partial charge in [0.2, 0.25) is 0 Å². The van der Waals surface area contributed by atoms with E-state index in [1.807, 2.05) is 12.1 Å². The lowest BCUT2D eigenvalue weighted by atomic mass is 10.1. The van der Waals surface area contributed by atoms with Crippen LogP contribution < -0.4 is 21.0 Å². The standard InChI is InChI=1S/C45H56ClF3N8O8S/c1-44(2,3)65-43(61)54-39(40(58)11-8-19-62-21-23-64-24-22-63-20-16-51-56-50)30-66-29-32-9-7-10-33(25-32)41(59)53-38-15-13-34(57-17-5-4-6-18-57)27-35(38)42(60)55-52-28-31-12-14-37(46)36(26-31)45(47,48)49/h7,9-10,12-15,25-28,39H,4-6,8,11,16-24,29-30H2,1-3H3,(H,53,59)(H,54,61)(H,55,60)/b52-28+/t39-/m0/s1. The second-order valence-electron chi connectivity index (χ2n) is 15.9. The summed E-state index contributed by atoms with van der Waals surface area (Å²) in [5, 5.41) is 12.3. The van der Waals surface area contributed by atoms with Gasteiger partial charge in [-0.3, -0.25) is 14.4 Å². The SMILES string of the molecule is CC(C)(C)OC(=O)N[C@@H](CSCc1cccc(C(=O)Nc2ccc(N3CCCCC3)cc2C(=O)N/N=C/c2ccc(Cl)c(C(F)(F)F)c2)c1)C(=O)CCCOCCOCCOCCN=[N+]=[N-]. The number of carbonyl (C=O) groups excluding carboxylic acids is 4. The summed E-state index contributed by atoms with van der Waals surface area (Å²) in [5.41, 5.74) is 11.0. The molecule has 358 valence electrons. The highest BCUT2D eigenvalue weighted by atomic mass is 35.5. The van der Waals surface area contributed by atoms with Crippen molar-refractivity contribution >= 4 is 64.6 Å². The first-order valence-corrected chi connectivity index (χ1v) is 22.9. The molecule has 1 aliphatic rings. The third-order valence-electron chi connectivity index (χ3n) is 9.57. The number of hydrogen-bond acceptors (Lipinski definition) is 12. The first-order chi connectivity index (χ1) is 31.5. The number of thioether (sulfide) groups is 1. The van der Waals surface area contributed by atoms with Crippen LogP contribution in [0.5, 0.6) is 0 Å². The van der Waals surface area contributed by atoms with Crippen LogP contribution in [0.15, 0.2) is 70.9 Å². The number of nitrogens with one attached hydrogen (secondary N) is 3. The topological polar surface area (TPSA) is 206 Å². The lowest BCUT2D eigenvalue weighted by molar-refractivity contribution is -0.137. The van der Waals surface area contributed by atoms with Gasteiger partial charge in [0.25, 0.3) is 11.8 Å². The van der Waals surface area contributed by atoms with Crippen LogP contribution in [0.3, 0.4) is 0 Å². The number of amides is 3. The van der Waals surface area contributed by atoms with E-state index in [4.69, 9.17) is 36.1 Å². The fourth-order valence-electron chi connectivity index (χ4n) is 6.42. The molecule has 3 aromatic rings. The van der Waals surface area contributed by atoms with Crippen LogP contribution in [-0.2, 0) is 35.7 Å². The molecule has 0 radical (unpaired) electrons. The quantitative estimate of drug-likeness (QED) is 0.0183. The molecular weight excluding hydrogens is 905 g/mol. The molecule has 1 aliphatic heterocycles. The van der Waals surface area contributed by atoms with Crippen molar-refractivity contribution < 1.29 is 51.3 Å². The summed E-state index contributed by atoms with van der Waals surface area (Å²) in [6.07, 6.45) is -0.724. The van der Waals surface area contributed by atoms with Gasteiger partial charge >= 0.3 is 12.3 Å². The monoisotopic (exact) mass is 960 g/mol. The molecule has 3 aromatic carbocycles. The number of hydrogen-bond donors (Lipinski definition) is 3. The molecule has 0 aliphatic carbocycles. The van der Waals surface area contributed by atoms with E-state index in [9.17, 15) is 32.3 Å². The zero-order valence-corrected chi connectivity index (χ0v) is 38.7. The Morgan fingerprint density at radius 1 is 0.909 bits per heavy atom. The predicted octanol–water partition coefficient (Wildman–Crippen LogP) is 9.20. The molecule has 1 heterocycles. The fourth-order valence-corrected chi connectivity index (χ4v) is 7.68. The van der Waals surface area contributed by atoms with E-state index in [0.717, 1.165) is 62.0 Å². The molecular formula is C45H56ClF3N8O8S. The number of nitrogens with zero attached hydrogens (tertiary/aromatic N) is 5. The molecule has 16 nitrogen and oxygen atoms in total. The van der Waals surface area contributed by atoms with Gasteiger partial charge in [0.15, 0.2) is 5.78 Å². The fraction of sp³-hybridized carbons (Fsp3) is 0.489. The van der Waals surface area contributed by atoms with Crippen molar-refractivity contribution in [1.82, 2.24) is 10.7 Å². The van der Waals surface area contributed by atoms with Gasteiger partial charge in [0, 0.05) is 60.3 Å². The average molecular weight is 962 g/mol. The molecule has 0 saturated carbocycles. The summed E-state index contributed by atoms with van der Waals surface area (Å²) >= 11 is 7.13. The summed E-state index contributed by atoms with van der Waals surface area (Å²) in [5.74, 6) is -0.794. The summed E-state index contributed by atoms with van der Waals surface area (Å²) in [7, 11) is 0. The number of piperidine rings is 1. The number of ketones is 1. The highest BCUT2D eigenvalue weighted by Gasteiger charge is 2.33. The van der Waals surface area contributed by atoms with E-state index < -0.39 is 46.3 Å². The number of alkyl carbamates (subject to hydrolysis) is 1. The second kappa shape index (κ2) is 27.3. The van der Waals surface area contributed by atoms with Gasteiger partial charge in [-0.05, 0) is 106 Å². The summed E-state index contributed by atoms with van der Waals surface area (Å²) in [6.45, 7) is 8.98. The Balaban J connectivity index is 1.36. The van der Waals surface area contributed by atoms with Crippen LogP contribution in [-0.4, -0.2) is 107 Å². The van der Waals surface area contributed by atoms with Crippen LogP contribution in [0.2, 0.25) is 5.02 Å². The molecule has 0 aromatic heterocycles. The average Bonchev–Trinajstić information content (AvgIpc) is 3.27. The smallest absolute Gasteiger partial charge is 0.417 e. The number of rotatable bonds is 25. The van der Waals surface area contributed by atoms with E-state index >= 15 is 0 Å². The van der Waals surface area contributed by atoms with Crippen LogP contribution in [0.4, 0.5) is 29.3 Å². The van der Waals surface area contributed by atoms with Gasteiger partial charge in [-0.1, -0.05) is 34.9 Å². The van der Waals surface area contributed by atoms with Crippen molar-refractivity contribution in [2.45, 2.75) is 76.4 Å². The molecule has 0 spiro atoms. The van der Waals surface area contributed by atoms with Crippen molar-refractivity contribution in [3.8, 4) is 0 Å². The third kappa shape index (κ3) is 19.2. The lowest BCUT2D eigenvalue weighted by Crippen LogP contribution is -2.45. The highest BCUT2D eigenvalue weighted by Crippen LogP contribution is 2.35. The van der Waals surface area contributed by atoms with Gasteiger partial charge in [-0.2, -0.15) is 30.0 Å². The Hall–Kier alpha value is -5.37. The third-order valence-corrected chi connectivity index (χ3v) is 11.0. The number of halogens is 4. The van der Waals surface area contributed by atoms with E-state index in [-0.39, 0.29) is 41.3 Å². The number of hydrazone groups is 1. The van der Waals surface area contributed by atoms with E-state index in [1.165, 1.54) is 17.8 Å². The van der Waals surface area contributed by atoms with Crippen molar-refractivity contribution in [2.24, 2.45) is 10.2 Å². The number of benzene rings is 3. The minimum absolute atomic E-state index is 0.0581. The number of alkyl halides is 3. The molecule has 1 saturated heterocycles. The molecule has 3 N–H and O–H groups in total. The molecule has 4 rings (SSSR count). The Kier molecular flexibility index (Phi) is 22.0. The minimum atomic E-state index is -4.68. The summed E-state index contributed by atoms with van der Waals surface area (Å²) in [6, 6.07) is 14.3. The number of anilines is 2. The first-order valence-electron chi connectivity index (χ1n) is 21.4. The Bertz CT molecular complexity index is 2170. The predicted molar refractivity (Wildman–Crippen MR) is 248 cm³/mol. The van der Waals surface area contributed by atoms with Gasteiger partial charge in [0.05, 0.1) is 67.1 Å². The zero-order chi connectivity index (χ0) is 48.0. The maximum Gasteiger partial charge on any atom is 0.417 e. The Morgan fingerprint density at radius 3 is 2.32 bits per heavy atom. The van der Waals surface area contributed by atoms with Gasteiger partial charge in [-0.25, -0.2) is 10.2 Å². The molecule has 0 bridgehead atoms. The number of ether oxygens (including phenoxy) is 4. The van der Waals surface area contributed by atoms with Crippen molar-refractivity contribution in [3.05, 3.63) is 104 Å². The maximum absolute atomic E-state index is 13.7. The minimum Gasteiger partial charge on any atom is -0.444 e. The number of azide groups is 1. The molecule has 66 heavy (non-hydrogen) atoms. The first kappa shape index (κ1) is 53.2. The van der Waals surface area contributed by atoms with Gasteiger partial charge < -0.3 is 34.5 Å². The van der Waals surface area contributed by atoms with Gasteiger partial charge in [0.1, 0.15) is 5.60 Å². The van der Waals surface area contributed by atoms with Crippen molar-refractivity contribution in [2.75, 3.05) is 75.2 Å². The summed E-state index contributed by atoms with van der Waals surface area (Å²) < 4.78 is 61.9. The lowest BCUT2D eigenvalue weighted by Gasteiger charge is -2.29. The molecule has 1 fully saturated rings. The second-order valence-corrected chi connectivity index (χ2v) is 17.4. The number of Topliss-reactive ketones (excluding diaryl/α,β-unsaturated/α-hetero) is 1. The van der Waals surface area contributed by atoms with Crippen LogP contribution in [0.1, 0.15) is 90.3 Å². The highest BCUT2D eigenvalue weighted by molar-refractivity contribution is 7.98. The van der Waals surface area contributed by atoms with E-state index in [0.29, 0.717) is 57.4 Å². The normalized spacial score (nSPS) is 13.5. The van der Waals surface area contributed by atoms with Crippen LogP contribution in [0.25, 0.3) is 10.4 Å². The molecule has 3 amide bonds. The maximum atomic E-state index is 13.7. The zero-order valence-electron chi connectivity index (χ0n) is 37.2. The van der Waals surface area contributed by atoms with Crippen molar-refractivity contribution in [3.63, 3.8) is 0 Å². The summed E-state index contributed by atoms with van der Waals surface area (Å²) in [4.78, 5) is 58.1.